The van der Waals surface area contributed by atoms with Gasteiger partial charge in [0.25, 0.3) is 0 Å². The highest BCUT2D eigenvalue weighted by atomic mass is 28.4. The summed E-state index contributed by atoms with van der Waals surface area (Å²) in [6.45, 7) is 19.7. The van der Waals surface area contributed by atoms with Gasteiger partial charge in [0.05, 0.1) is 12.2 Å². The van der Waals surface area contributed by atoms with Crippen molar-refractivity contribution in [3.05, 3.63) is 48.6 Å². The molecule has 0 saturated heterocycles. The van der Waals surface area contributed by atoms with Gasteiger partial charge in [0.15, 0.2) is 8.32 Å². The van der Waals surface area contributed by atoms with Crippen molar-refractivity contribution in [2.45, 2.75) is 90.6 Å². The standard InChI is InChI=1S/C23H40O2Si/c1-9-12-18-23(10-2,11-3)21(24)20(19-16-14-13-15-17-19)25-26(7,8)22(4,5)6/h10,13-17,20-21,24H,2,9,11-12,18H2,1,3-8H3/t20-,21?,23+/m0/s1. The van der Waals surface area contributed by atoms with Crippen molar-refractivity contribution in [1.29, 1.82) is 0 Å². The third-order valence-electron chi connectivity index (χ3n) is 6.29. The topological polar surface area (TPSA) is 29.5 Å². The molecule has 0 radical (unpaired) electrons. The Labute approximate surface area is 162 Å². The molecule has 0 aliphatic carbocycles. The summed E-state index contributed by atoms with van der Waals surface area (Å²) in [6.07, 6.45) is 5.04. The molecular weight excluding hydrogens is 336 g/mol. The maximum Gasteiger partial charge on any atom is 0.193 e. The molecule has 0 aromatic heterocycles. The highest BCUT2D eigenvalue weighted by Gasteiger charge is 2.45. The number of benzene rings is 1. The van der Waals surface area contributed by atoms with Gasteiger partial charge in [-0.25, -0.2) is 0 Å². The minimum Gasteiger partial charge on any atom is -0.407 e. The van der Waals surface area contributed by atoms with Crippen LogP contribution >= 0.6 is 0 Å². The van der Waals surface area contributed by atoms with E-state index < -0.39 is 14.4 Å². The van der Waals surface area contributed by atoms with Gasteiger partial charge >= 0.3 is 0 Å². The van der Waals surface area contributed by atoms with E-state index in [0.717, 1.165) is 31.2 Å². The normalized spacial score (nSPS) is 17.4. The van der Waals surface area contributed by atoms with Crippen molar-refractivity contribution in [2.75, 3.05) is 0 Å². The lowest BCUT2D eigenvalue weighted by atomic mass is 9.72. The molecule has 1 aromatic carbocycles. The van der Waals surface area contributed by atoms with E-state index in [4.69, 9.17) is 4.43 Å². The van der Waals surface area contributed by atoms with Crippen LogP contribution < -0.4 is 0 Å². The van der Waals surface area contributed by atoms with Crippen LogP contribution in [-0.4, -0.2) is 19.5 Å². The zero-order valence-corrected chi connectivity index (χ0v) is 19.0. The summed E-state index contributed by atoms with van der Waals surface area (Å²) in [7, 11) is -2.04. The molecule has 3 heteroatoms. The van der Waals surface area contributed by atoms with Gasteiger partial charge in [-0.05, 0) is 36.5 Å². The van der Waals surface area contributed by atoms with E-state index in [0.29, 0.717) is 0 Å². The predicted octanol–water partition coefficient (Wildman–Crippen LogP) is 6.88. The predicted molar refractivity (Wildman–Crippen MR) is 116 cm³/mol. The number of rotatable bonds is 10. The fourth-order valence-electron chi connectivity index (χ4n) is 3.16. The summed E-state index contributed by atoms with van der Waals surface area (Å²) in [6, 6.07) is 10.2. The number of hydrogen-bond donors (Lipinski definition) is 1. The molecule has 0 amide bonds. The minimum atomic E-state index is -2.04. The van der Waals surface area contributed by atoms with E-state index >= 15 is 0 Å². The molecule has 1 unspecified atom stereocenters. The summed E-state index contributed by atoms with van der Waals surface area (Å²) in [5.41, 5.74) is 0.736. The van der Waals surface area contributed by atoms with Crippen LogP contribution in [0.25, 0.3) is 0 Å². The Morgan fingerprint density at radius 3 is 2.15 bits per heavy atom. The smallest absolute Gasteiger partial charge is 0.193 e. The molecule has 0 saturated carbocycles. The zero-order chi connectivity index (χ0) is 20.0. The molecular formula is C23H40O2Si. The van der Waals surface area contributed by atoms with Crippen LogP contribution in [0, 0.1) is 5.41 Å². The van der Waals surface area contributed by atoms with E-state index in [1.54, 1.807) is 0 Å². The second kappa shape index (κ2) is 9.34. The molecule has 0 fully saturated rings. The molecule has 2 nitrogen and oxygen atoms in total. The first-order valence-corrected chi connectivity index (χ1v) is 13.0. The summed E-state index contributed by atoms with van der Waals surface area (Å²) in [5, 5.41) is 11.6. The Hall–Kier alpha value is -0.903. The van der Waals surface area contributed by atoms with Crippen LogP contribution in [0.1, 0.15) is 72.0 Å². The average molecular weight is 377 g/mol. The fraction of sp³-hybridized carbons (Fsp3) is 0.652. The van der Waals surface area contributed by atoms with Gasteiger partial charge in [0, 0.05) is 5.41 Å². The largest absolute Gasteiger partial charge is 0.407 e. The maximum absolute atomic E-state index is 11.6. The van der Waals surface area contributed by atoms with Gasteiger partial charge in [-0.1, -0.05) is 83.9 Å². The number of aliphatic hydroxyl groups is 1. The highest BCUT2D eigenvalue weighted by Crippen LogP contribution is 2.45. The van der Waals surface area contributed by atoms with E-state index in [2.05, 4.69) is 66.4 Å². The third kappa shape index (κ3) is 5.31. The molecule has 3 atom stereocenters. The zero-order valence-electron chi connectivity index (χ0n) is 18.0. The molecule has 0 bridgehead atoms. The van der Waals surface area contributed by atoms with E-state index in [9.17, 15) is 5.11 Å². The van der Waals surface area contributed by atoms with Gasteiger partial charge in [-0.3, -0.25) is 0 Å². The quantitative estimate of drug-likeness (QED) is 0.356. The van der Waals surface area contributed by atoms with Crippen LogP contribution in [0.5, 0.6) is 0 Å². The lowest BCUT2D eigenvalue weighted by molar-refractivity contribution is -0.0469. The first kappa shape index (κ1) is 23.1. The summed E-state index contributed by atoms with van der Waals surface area (Å²) in [4.78, 5) is 0. The van der Waals surface area contributed by atoms with Crippen molar-refractivity contribution >= 4 is 8.32 Å². The number of hydrogen-bond acceptors (Lipinski definition) is 2. The molecule has 148 valence electrons. The Bertz CT molecular complexity index is 547. The fourth-order valence-corrected chi connectivity index (χ4v) is 4.41. The number of unbranched alkanes of at least 4 members (excludes halogenated alkanes) is 1. The number of aliphatic hydroxyl groups excluding tert-OH is 1. The lowest BCUT2D eigenvalue weighted by Gasteiger charge is -2.45. The van der Waals surface area contributed by atoms with Gasteiger partial charge in [-0.2, -0.15) is 0 Å². The SMILES string of the molecule is C=C[C@@](CC)(CCCC)C(O)[C@@H](O[Si](C)(C)C(C)(C)C)c1ccccc1. The average Bonchev–Trinajstić information content (AvgIpc) is 2.60. The van der Waals surface area contributed by atoms with Gasteiger partial charge in [-0.15, -0.1) is 6.58 Å². The summed E-state index contributed by atoms with van der Waals surface area (Å²) >= 11 is 0. The van der Waals surface area contributed by atoms with Crippen LogP contribution in [0.2, 0.25) is 18.1 Å². The van der Waals surface area contributed by atoms with Crippen molar-refractivity contribution in [1.82, 2.24) is 0 Å². The van der Waals surface area contributed by atoms with Crippen molar-refractivity contribution in [3.8, 4) is 0 Å². The van der Waals surface area contributed by atoms with Gasteiger partial charge < -0.3 is 9.53 Å². The second-order valence-corrected chi connectivity index (χ2v) is 13.8. The Morgan fingerprint density at radius 1 is 1.15 bits per heavy atom. The molecule has 1 N–H and O–H groups in total. The summed E-state index contributed by atoms with van der Waals surface area (Å²) in [5.74, 6) is 0. The molecule has 0 spiro atoms. The maximum atomic E-state index is 11.6. The molecule has 0 aliphatic rings. The monoisotopic (exact) mass is 376 g/mol. The van der Waals surface area contributed by atoms with Gasteiger partial charge in [0.1, 0.15) is 0 Å². The van der Waals surface area contributed by atoms with Crippen LogP contribution in [-0.2, 0) is 4.43 Å². The van der Waals surface area contributed by atoms with E-state index in [1.165, 1.54) is 0 Å². The van der Waals surface area contributed by atoms with Crippen LogP contribution in [0.15, 0.2) is 43.0 Å². The first-order chi connectivity index (χ1) is 12.0. The Kier molecular flexibility index (Phi) is 8.31. The molecule has 26 heavy (non-hydrogen) atoms. The van der Waals surface area contributed by atoms with Crippen LogP contribution in [0.4, 0.5) is 0 Å². The molecule has 1 aromatic rings. The second-order valence-electron chi connectivity index (χ2n) is 9.05. The molecule has 0 aliphatic heterocycles. The third-order valence-corrected chi connectivity index (χ3v) is 10.7. The van der Waals surface area contributed by atoms with Crippen molar-refractivity contribution < 1.29 is 9.53 Å². The summed E-state index contributed by atoms with van der Waals surface area (Å²) < 4.78 is 6.78. The Balaban J connectivity index is 3.33. The molecule has 0 heterocycles. The van der Waals surface area contributed by atoms with E-state index in [-0.39, 0.29) is 16.6 Å². The first-order valence-electron chi connectivity index (χ1n) is 10.1. The minimum absolute atomic E-state index is 0.0895. The van der Waals surface area contributed by atoms with Crippen molar-refractivity contribution in [3.63, 3.8) is 0 Å². The van der Waals surface area contributed by atoms with Crippen LogP contribution in [0.3, 0.4) is 0 Å². The van der Waals surface area contributed by atoms with Gasteiger partial charge in [0.2, 0.25) is 0 Å². The molecule has 1 rings (SSSR count). The lowest BCUT2D eigenvalue weighted by Crippen LogP contribution is -2.47. The Morgan fingerprint density at radius 2 is 1.73 bits per heavy atom. The van der Waals surface area contributed by atoms with Crippen molar-refractivity contribution in [2.24, 2.45) is 5.41 Å². The highest BCUT2D eigenvalue weighted by molar-refractivity contribution is 6.74. The van der Waals surface area contributed by atoms with E-state index in [1.807, 2.05) is 24.3 Å².